The molecule has 1 saturated heterocycles. The third-order valence-corrected chi connectivity index (χ3v) is 4.88. The first-order valence-electron chi connectivity index (χ1n) is 9.32. The maximum Gasteiger partial charge on any atom is 0.249 e. The Morgan fingerprint density at radius 2 is 1.97 bits per heavy atom. The summed E-state index contributed by atoms with van der Waals surface area (Å²) < 4.78 is 5.33. The summed E-state index contributed by atoms with van der Waals surface area (Å²) in [7, 11) is 1.58. The lowest BCUT2D eigenvalue weighted by Crippen LogP contribution is -2.28. The second-order valence-corrected chi connectivity index (χ2v) is 6.86. The number of amides is 2. The van der Waals surface area contributed by atoms with Gasteiger partial charge in [0.25, 0.3) is 0 Å². The van der Waals surface area contributed by atoms with Crippen molar-refractivity contribution in [1.82, 2.24) is 20.1 Å². The maximum atomic E-state index is 12.6. The van der Waals surface area contributed by atoms with Crippen LogP contribution in [0.3, 0.4) is 0 Å². The van der Waals surface area contributed by atoms with Gasteiger partial charge in [-0.15, -0.1) is 5.10 Å². The molecule has 1 aliphatic rings. The minimum absolute atomic E-state index is 0.0290. The zero-order chi connectivity index (χ0) is 20.2. The molecule has 3 aromatic rings. The highest BCUT2D eigenvalue weighted by molar-refractivity contribution is 5.96. The first-order valence-corrected chi connectivity index (χ1v) is 9.32. The van der Waals surface area contributed by atoms with E-state index >= 15 is 0 Å². The molecule has 1 atom stereocenters. The number of anilines is 1. The van der Waals surface area contributed by atoms with Gasteiger partial charge in [-0.05, 0) is 17.7 Å². The molecule has 2 heterocycles. The van der Waals surface area contributed by atoms with Gasteiger partial charge in [0.2, 0.25) is 17.8 Å². The number of rotatable bonds is 6. The van der Waals surface area contributed by atoms with Crippen LogP contribution >= 0.6 is 0 Å². The fraction of sp³-hybridized carbons (Fsp3) is 0.238. The van der Waals surface area contributed by atoms with E-state index in [4.69, 9.17) is 4.74 Å². The molecule has 0 aliphatic carbocycles. The van der Waals surface area contributed by atoms with Gasteiger partial charge in [-0.2, -0.15) is 4.98 Å². The van der Waals surface area contributed by atoms with Crippen LogP contribution in [0.4, 0.5) is 5.95 Å². The standard InChI is InChI=1S/C21H21N5O3/c1-29-17-10-6-5-9-16(17)19-22-21(25-24-19)23-20(28)15-11-18(27)26(13-15)12-14-7-3-2-4-8-14/h2-10,15H,11-13H2,1H3,(H2,22,23,24,25,28)/t15-/m1/s1. The quantitative estimate of drug-likeness (QED) is 0.672. The van der Waals surface area contributed by atoms with Gasteiger partial charge in [0, 0.05) is 19.5 Å². The van der Waals surface area contributed by atoms with Gasteiger partial charge >= 0.3 is 0 Å². The van der Waals surface area contributed by atoms with E-state index in [9.17, 15) is 9.59 Å². The molecular weight excluding hydrogens is 370 g/mol. The van der Waals surface area contributed by atoms with Gasteiger partial charge < -0.3 is 9.64 Å². The molecule has 0 bridgehead atoms. The Balaban J connectivity index is 1.40. The number of aromatic nitrogens is 3. The SMILES string of the molecule is COc1ccccc1-c1nc(NC(=O)[C@@H]2CC(=O)N(Cc3ccccc3)C2)n[nH]1. The maximum absolute atomic E-state index is 12.6. The molecule has 1 aliphatic heterocycles. The van der Waals surface area contributed by atoms with Crippen LogP contribution in [0.25, 0.3) is 11.4 Å². The number of carbonyl (C=O) groups is 2. The van der Waals surface area contributed by atoms with Crippen molar-refractivity contribution < 1.29 is 14.3 Å². The lowest BCUT2D eigenvalue weighted by Gasteiger charge is -2.16. The van der Waals surface area contributed by atoms with Gasteiger partial charge in [-0.3, -0.25) is 20.0 Å². The van der Waals surface area contributed by atoms with Crippen molar-refractivity contribution in [2.75, 3.05) is 19.0 Å². The number of benzene rings is 2. The van der Waals surface area contributed by atoms with E-state index in [-0.39, 0.29) is 24.2 Å². The molecular formula is C21H21N5O3. The molecule has 2 amide bonds. The number of ether oxygens (including phenoxy) is 1. The number of nitrogens with zero attached hydrogens (tertiary/aromatic N) is 3. The summed E-state index contributed by atoms with van der Waals surface area (Å²) in [5.74, 6) is 0.591. The monoisotopic (exact) mass is 391 g/mol. The van der Waals surface area contributed by atoms with Gasteiger partial charge in [0.1, 0.15) is 5.75 Å². The number of H-pyrrole nitrogens is 1. The van der Waals surface area contributed by atoms with Gasteiger partial charge in [-0.25, -0.2) is 0 Å². The fourth-order valence-electron chi connectivity index (χ4n) is 3.40. The van der Waals surface area contributed by atoms with Crippen LogP contribution in [-0.4, -0.2) is 45.6 Å². The minimum atomic E-state index is -0.431. The number of nitrogens with one attached hydrogen (secondary N) is 2. The van der Waals surface area contributed by atoms with E-state index in [1.807, 2.05) is 54.6 Å². The van der Waals surface area contributed by atoms with E-state index in [0.29, 0.717) is 24.7 Å². The lowest BCUT2D eigenvalue weighted by molar-refractivity contribution is -0.128. The molecule has 0 saturated carbocycles. The Labute approximate surface area is 167 Å². The van der Waals surface area contributed by atoms with E-state index in [0.717, 1.165) is 11.1 Å². The second kappa shape index (κ2) is 8.14. The van der Waals surface area contributed by atoms with Crippen LogP contribution in [0.1, 0.15) is 12.0 Å². The summed E-state index contributed by atoms with van der Waals surface area (Å²) in [4.78, 5) is 31.0. The minimum Gasteiger partial charge on any atom is -0.496 e. The Morgan fingerprint density at radius 3 is 2.76 bits per heavy atom. The van der Waals surface area contributed by atoms with Crippen molar-refractivity contribution in [2.45, 2.75) is 13.0 Å². The van der Waals surface area contributed by atoms with Crippen LogP contribution in [0.15, 0.2) is 54.6 Å². The van der Waals surface area contributed by atoms with Crippen molar-refractivity contribution in [3.8, 4) is 17.1 Å². The predicted molar refractivity (Wildman–Crippen MR) is 107 cm³/mol. The Kier molecular flexibility index (Phi) is 5.24. The van der Waals surface area contributed by atoms with Crippen LogP contribution in [0.5, 0.6) is 5.75 Å². The van der Waals surface area contributed by atoms with E-state index < -0.39 is 5.92 Å². The third-order valence-electron chi connectivity index (χ3n) is 4.88. The topological polar surface area (TPSA) is 100 Å². The Bertz CT molecular complexity index is 1020. The molecule has 0 radical (unpaired) electrons. The number of hydrogen-bond acceptors (Lipinski definition) is 5. The third kappa shape index (κ3) is 4.11. The number of carbonyl (C=O) groups excluding carboxylic acids is 2. The average molecular weight is 391 g/mol. The highest BCUT2D eigenvalue weighted by atomic mass is 16.5. The van der Waals surface area contributed by atoms with E-state index in [1.165, 1.54) is 0 Å². The number of para-hydroxylation sites is 1. The summed E-state index contributed by atoms with van der Waals surface area (Å²) in [5.41, 5.74) is 1.78. The second-order valence-electron chi connectivity index (χ2n) is 6.86. The van der Waals surface area contributed by atoms with Crippen molar-refractivity contribution in [3.63, 3.8) is 0 Å². The first-order chi connectivity index (χ1) is 14.1. The molecule has 1 fully saturated rings. The van der Waals surface area contributed by atoms with Gasteiger partial charge in [0.15, 0.2) is 5.82 Å². The van der Waals surface area contributed by atoms with Crippen molar-refractivity contribution in [1.29, 1.82) is 0 Å². The molecule has 1 aromatic heterocycles. The summed E-state index contributed by atoms with van der Waals surface area (Å²) in [5, 5.41) is 9.58. The van der Waals surface area contributed by atoms with Crippen molar-refractivity contribution in [3.05, 3.63) is 60.2 Å². The number of likely N-dealkylation sites (tertiary alicyclic amines) is 1. The Hall–Kier alpha value is -3.68. The van der Waals surface area contributed by atoms with Crippen LogP contribution in [0.2, 0.25) is 0 Å². The molecule has 0 unspecified atom stereocenters. The summed E-state index contributed by atoms with van der Waals surface area (Å²) in [6.07, 6.45) is 0.183. The molecule has 8 nitrogen and oxygen atoms in total. The average Bonchev–Trinajstić information content (AvgIpc) is 3.35. The van der Waals surface area contributed by atoms with Gasteiger partial charge in [0.05, 0.1) is 18.6 Å². The summed E-state index contributed by atoms with van der Waals surface area (Å²) >= 11 is 0. The zero-order valence-electron chi connectivity index (χ0n) is 16.0. The van der Waals surface area contributed by atoms with E-state index in [2.05, 4.69) is 20.5 Å². The fourth-order valence-corrected chi connectivity index (χ4v) is 3.40. The molecule has 0 spiro atoms. The normalized spacial score (nSPS) is 16.1. The molecule has 8 heteroatoms. The highest BCUT2D eigenvalue weighted by Crippen LogP contribution is 2.27. The van der Waals surface area contributed by atoms with Crippen LogP contribution in [-0.2, 0) is 16.1 Å². The molecule has 2 aromatic carbocycles. The van der Waals surface area contributed by atoms with Crippen LogP contribution in [0, 0.1) is 5.92 Å². The van der Waals surface area contributed by atoms with Crippen molar-refractivity contribution in [2.24, 2.45) is 5.92 Å². The molecule has 4 rings (SSSR count). The Morgan fingerprint density at radius 1 is 1.21 bits per heavy atom. The first kappa shape index (κ1) is 18.7. The summed E-state index contributed by atoms with van der Waals surface area (Å²) in [6.45, 7) is 0.880. The molecule has 29 heavy (non-hydrogen) atoms. The van der Waals surface area contributed by atoms with Crippen LogP contribution < -0.4 is 10.1 Å². The smallest absolute Gasteiger partial charge is 0.249 e. The molecule has 148 valence electrons. The van der Waals surface area contributed by atoms with E-state index in [1.54, 1.807) is 12.0 Å². The highest BCUT2D eigenvalue weighted by Gasteiger charge is 2.34. The predicted octanol–water partition coefficient (Wildman–Crippen LogP) is 2.47. The number of methoxy groups -OCH3 is 1. The number of hydrogen-bond donors (Lipinski definition) is 2. The summed E-state index contributed by atoms with van der Waals surface area (Å²) in [6, 6.07) is 17.1. The van der Waals surface area contributed by atoms with Gasteiger partial charge in [-0.1, -0.05) is 42.5 Å². The van der Waals surface area contributed by atoms with Crippen molar-refractivity contribution >= 4 is 17.8 Å². The largest absolute Gasteiger partial charge is 0.496 e. The lowest BCUT2D eigenvalue weighted by atomic mass is 10.1. The molecule has 2 N–H and O–H groups in total. The zero-order valence-corrected chi connectivity index (χ0v) is 16.0. The number of aromatic amines is 1.